The molecule has 2 aliphatic heterocycles. The molecule has 0 aliphatic carbocycles. The summed E-state index contributed by atoms with van der Waals surface area (Å²) in [7, 11) is 0. The summed E-state index contributed by atoms with van der Waals surface area (Å²) in [4.78, 5) is 17.4. The van der Waals surface area contributed by atoms with Gasteiger partial charge in [0.25, 0.3) is 0 Å². The average molecular weight is 456 g/mol. The van der Waals surface area contributed by atoms with Crippen LogP contribution in [0.15, 0.2) is 78.9 Å². The van der Waals surface area contributed by atoms with Crippen LogP contribution in [-0.4, -0.2) is 59.3 Å². The number of nitrogens with one attached hydrogen (secondary N) is 1. The molecule has 5 rings (SSSR count). The number of aliphatic hydroxyl groups is 1. The number of anilines is 1. The molecule has 0 spiro atoms. The molecule has 0 radical (unpaired) electrons. The van der Waals surface area contributed by atoms with Gasteiger partial charge >= 0.3 is 6.03 Å². The highest BCUT2D eigenvalue weighted by atomic mass is 16.3. The molecule has 2 fully saturated rings. The van der Waals surface area contributed by atoms with Crippen molar-refractivity contribution in [3.05, 3.63) is 90.0 Å². The number of amides is 2. The van der Waals surface area contributed by atoms with Crippen molar-refractivity contribution in [3.8, 4) is 11.1 Å². The Morgan fingerprint density at radius 2 is 1.65 bits per heavy atom. The largest absolute Gasteiger partial charge is 0.395 e. The van der Waals surface area contributed by atoms with Gasteiger partial charge in [0, 0.05) is 36.8 Å². The summed E-state index contributed by atoms with van der Waals surface area (Å²) in [5.41, 5.74) is 5.77. The van der Waals surface area contributed by atoms with Gasteiger partial charge in [0.05, 0.1) is 6.61 Å². The Kier molecular flexibility index (Phi) is 6.66. The van der Waals surface area contributed by atoms with Gasteiger partial charge in [-0.3, -0.25) is 4.90 Å². The third-order valence-corrected chi connectivity index (χ3v) is 7.43. The summed E-state index contributed by atoms with van der Waals surface area (Å²) >= 11 is 0. The van der Waals surface area contributed by atoms with E-state index >= 15 is 0 Å². The first-order chi connectivity index (χ1) is 16.7. The second-order valence-electron chi connectivity index (χ2n) is 9.47. The molecule has 3 aromatic rings. The molecule has 0 aromatic heterocycles. The van der Waals surface area contributed by atoms with Crippen LogP contribution in [0.1, 0.15) is 29.9 Å². The molecule has 0 saturated carbocycles. The normalized spacial score (nSPS) is 22.8. The van der Waals surface area contributed by atoms with E-state index in [1.54, 1.807) is 0 Å². The monoisotopic (exact) mass is 455 g/mol. The Hall–Kier alpha value is -3.15. The molecular formula is C29H33N3O2. The minimum atomic E-state index is -0.0471. The molecule has 0 bridgehead atoms. The topological polar surface area (TPSA) is 55.8 Å². The molecule has 3 aromatic carbocycles. The van der Waals surface area contributed by atoms with Crippen LogP contribution in [0, 0.1) is 6.92 Å². The molecule has 2 aliphatic rings. The fraction of sp³-hybridized carbons (Fsp3) is 0.345. The van der Waals surface area contributed by atoms with Gasteiger partial charge in [-0.25, -0.2) is 4.79 Å². The number of rotatable bonds is 4. The number of aryl methyl sites for hydroxylation is 1. The lowest BCUT2D eigenvalue weighted by molar-refractivity contribution is -0.0585. The van der Waals surface area contributed by atoms with Crippen molar-refractivity contribution in [2.45, 2.75) is 37.8 Å². The van der Waals surface area contributed by atoms with E-state index in [4.69, 9.17) is 0 Å². The smallest absolute Gasteiger partial charge is 0.321 e. The van der Waals surface area contributed by atoms with Crippen LogP contribution in [0.25, 0.3) is 11.1 Å². The second kappa shape index (κ2) is 10.00. The van der Waals surface area contributed by atoms with Gasteiger partial charge in [0.2, 0.25) is 0 Å². The molecule has 2 N–H and O–H groups in total. The molecule has 34 heavy (non-hydrogen) atoms. The van der Waals surface area contributed by atoms with Gasteiger partial charge in [0.1, 0.15) is 0 Å². The number of carbonyl (C=O) groups is 1. The first-order valence-corrected chi connectivity index (χ1v) is 12.3. The number of para-hydroxylation sites is 1. The third-order valence-electron chi connectivity index (χ3n) is 7.43. The summed E-state index contributed by atoms with van der Waals surface area (Å²) in [5, 5.41) is 13.3. The summed E-state index contributed by atoms with van der Waals surface area (Å²) < 4.78 is 0. The highest BCUT2D eigenvalue weighted by molar-refractivity contribution is 5.89. The van der Waals surface area contributed by atoms with Crippen LogP contribution in [0.5, 0.6) is 0 Å². The highest BCUT2D eigenvalue weighted by Gasteiger charge is 2.49. The van der Waals surface area contributed by atoms with Crippen molar-refractivity contribution in [1.82, 2.24) is 9.80 Å². The minimum Gasteiger partial charge on any atom is -0.395 e. The number of urea groups is 1. The Morgan fingerprint density at radius 1 is 0.941 bits per heavy atom. The van der Waals surface area contributed by atoms with Gasteiger partial charge in [-0.1, -0.05) is 66.7 Å². The molecule has 2 saturated heterocycles. The van der Waals surface area contributed by atoms with E-state index in [-0.39, 0.29) is 30.6 Å². The maximum atomic E-state index is 13.1. The van der Waals surface area contributed by atoms with Crippen molar-refractivity contribution in [1.29, 1.82) is 0 Å². The lowest BCUT2D eigenvalue weighted by atomic mass is 9.74. The fourth-order valence-corrected chi connectivity index (χ4v) is 5.63. The quantitative estimate of drug-likeness (QED) is 0.574. The van der Waals surface area contributed by atoms with Gasteiger partial charge in [-0.05, 0) is 60.7 Å². The van der Waals surface area contributed by atoms with E-state index in [9.17, 15) is 9.90 Å². The molecule has 2 amide bonds. The van der Waals surface area contributed by atoms with Crippen molar-refractivity contribution < 1.29 is 9.90 Å². The van der Waals surface area contributed by atoms with E-state index in [1.807, 2.05) is 35.2 Å². The SMILES string of the molecule is Cc1ccccc1-c1ccc([C@@H]2[C@H]3CN(C(=O)Nc4ccccc4)CCCCN3[C@H]2CO)cc1. The van der Waals surface area contributed by atoms with Crippen LogP contribution in [-0.2, 0) is 0 Å². The number of hydrogen-bond donors (Lipinski definition) is 2. The molecule has 2 heterocycles. The summed E-state index contributed by atoms with van der Waals surface area (Å²) in [6, 6.07) is 27.1. The average Bonchev–Trinajstić information content (AvgIpc) is 2.84. The zero-order valence-electron chi connectivity index (χ0n) is 19.7. The van der Waals surface area contributed by atoms with E-state index in [1.165, 1.54) is 22.3 Å². The van der Waals surface area contributed by atoms with Crippen LogP contribution in [0.2, 0.25) is 0 Å². The van der Waals surface area contributed by atoms with E-state index in [0.717, 1.165) is 31.6 Å². The van der Waals surface area contributed by atoms with Crippen molar-refractivity contribution in [2.75, 3.05) is 31.6 Å². The number of nitrogens with zero attached hydrogens (tertiary/aromatic N) is 2. The van der Waals surface area contributed by atoms with E-state index in [0.29, 0.717) is 6.54 Å². The van der Waals surface area contributed by atoms with Crippen LogP contribution < -0.4 is 5.32 Å². The van der Waals surface area contributed by atoms with Gasteiger partial charge in [0.15, 0.2) is 0 Å². The summed E-state index contributed by atoms with van der Waals surface area (Å²) in [6.07, 6.45) is 2.00. The summed E-state index contributed by atoms with van der Waals surface area (Å²) in [5.74, 6) is 0.209. The zero-order chi connectivity index (χ0) is 23.5. The Balaban J connectivity index is 1.36. The van der Waals surface area contributed by atoms with Crippen molar-refractivity contribution in [2.24, 2.45) is 0 Å². The summed E-state index contributed by atoms with van der Waals surface area (Å²) in [6.45, 7) is 4.67. The van der Waals surface area contributed by atoms with Crippen LogP contribution in [0.4, 0.5) is 10.5 Å². The van der Waals surface area contributed by atoms with Crippen molar-refractivity contribution >= 4 is 11.7 Å². The number of aliphatic hydroxyl groups excluding tert-OH is 1. The fourth-order valence-electron chi connectivity index (χ4n) is 5.63. The maximum absolute atomic E-state index is 13.1. The van der Waals surface area contributed by atoms with Gasteiger partial charge in [-0.15, -0.1) is 0 Å². The molecule has 5 heteroatoms. The lowest BCUT2D eigenvalue weighted by Crippen LogP contribution is -2.68. The standard InChI is InChI=1S/C29H33N3O2/c1-21-9-5-6-12-25(21)22-13-15-23(16-14-22)28-26-19-31(17-7-8-18-32(26)27(28)20-33)29(34)30-24-10-3-2-4-11-24/h2-6,9-16,26-28,33H,7-8,17-20H2,1H3,(H,30,34)/t26-,27+,28-/m1/s1. The molecule has 5 nitrogen and oxygen atoms in total. The number of carbonyl (C=O) groups excluding carboxylic acids is 1. The second-order valence-corrected chi connectivity index (χ2v) is 9.47. The minimum absolute atomic E-state index is 0.0471. The highest BCUT2D eigenvalue weighted by Crippen LogP contribution is 2.42. The third kappa shape index (κ3) is 4.46. The van der Waals surface area contributed by atoms with Gasteiger partial charge in [-0.2, -0.15) is 0 Å². The van der Waals surface area contributed by atoms with E-state index in [2.05, 4.69) is 65.7 Å². The number of benzene rings is 3. The predicted octanol–water partition coefficient (Wildman–Crippen LogP) is 5.12. The predicted molar refractivity (Wildman–Crippen MR) is 137 cm³/mol. The number of fused-ring (bicyclic) bond motifs is 1. The number of hydrogen-bond acceptors (Lipinski definition) is 3. The molecule has 0 unspecified atom stereocenters. The Morgan fingerprint density at radius 3 is 2.38 bits per heavy atom. The first-order valence-electron chi connectivity index (χ1n) is 12.3. The van der Waals surface area contributed by atoms with E-state index < -0.39 is 0 Å². The lowest BCUT2D eigenvalue weighted by Gasteiger charge is -2.57. The Bertz CT molecular complexity index is 1120. The molecule has 3 atom stereocenters. The maximum Gasteiger partial charge on any atom is 0.321 e. The van der Waals surface area contributed by atoms with Gasteiger partial charge < -0.3 is 15.3 Å². The first kappa shape index (κ1) is 22.6. The van der Waals surface area contributed by atoms with Crippen LogP contribution >= 0.6 is 0 Å². The molecule has 176 valence electrons. The van der Waals surface area contributed by atoms with Crippen molar-refractivity contribution in [3.63, 3.8) is 0 Å². The Labute approximate surface area is 202 Å². The molecular weight excluding hydrogens is 422 g/mol. The zero-order valence-corrected chi connectivity index (χ0v) is 19.7. The van der Waals surface area contributed by atoms with Crippen LogP contribution in [0.3, 0.4) is 0 Å².